The number of piperidine rings is 1. The molecule has 0 bridgehead atoms. The molecule has 1 N–H and O–H groups in total. The third kappa shape index (κ3) is 3.99. The number of rotatable bonds is 4. The standard InChI is InChI=1S/C19H23ClN2O2/c20-17-10-4-3-9-16(17)18(23)21-12-14-6-5-11-22(13-14)19(24)15-7-1-2-8-15/h3-4,7,9-10,14H,1-2,5-6,8,11-13H2,(H,21,23)/t14-/m1/s1. The first-order chi connectivity index (χ1) is 11.6. The Morgan fingerprint density at radius 2 is 2.08 bits per heavy atom. The van der Waals surface area contributed by atoms with Crippen molar-refractivity contribution >= 4 is 23.4 Å². The van der Waals surface area contributed by atoms with Crippen LogP contribution in [0.5, 0.6) is 0 Å². The van der Waals surface area contributed by atoms with Gasteiger partial charge in [0.05, 0.1) is 10.6 Å². The average Bonchev–Trinajstić information content (AvgIpc) is 3.14. The fraction of sp³-hybridized carbons (Fsp3) is 0.474. The molecule has 24 heavy (non-hydrogen) atoms. The number of allylic oxidation sites excluding steroid dienone is 1. The Labute approximate surface area is 147 Å². The molecule has 2 amide bonds. The molecule has 0 aromatic heterocycles. The predicted molar refractivity (Wildman–Crippen MR) is 95.0 cm³/mol. The van der Waals surface area contributed by atoms with E-state index in [0.29, 0.717) is 23.0 Å². The summed E-state index contributed by atoms with van der Waals surface area (Å²) >= 11 is 6.06. The molecular weight excluding hydrogens is 324 g/mol. The first-order valence-corrected chi connectivity index (χ1v) is 9.04. The van der Waals surface area contributed by atoms with Gasteiger partial charge in [0.2, 0.25) is 5.91 Å². The number of nitrogens with one attached hydrogen (secondary N) is 1. The van der Waals surface area contributed by atoms with Crippen LogP contribution in [0.25, 0.3) is 0 Å². The summed E-state index contributed by atoms with van der Waals surface area (Å²) in [5.41, 5.74) is 1.47. The van der Waals surface area contributed by atoms with E-state index >= 15 is 0 Å². The minimum Gasteiger partial charge on any atom is -0.352 e. The molecule has 1 atom stereocenters. The predicted octanol–water partition coefficient (Wildman–Crippen LogP) is 3.42. The number of benzene rings is 1. The van der Waals surface area contributed by atoms with E-state index in [-0.39, 0.29) is 11.8 Å². The zero-order valence-electron chi connectivity index (χ0n) is 13.8. The second kappa shape index (κ2) is 7.84. The lowest BCUT2D eigenvalue weighted by atomic mass is 9.97. The molecule has 3 rings (SSSR count). The Bertz CT molecular complexity index is 657. The lowest BCUT2D eigenvalue weighted by Crippen LogP contribution is -2.44. The quantitative estimate of drug-likeness (QED) is 0.908. The van der Waals surface area contributed by atoms with Crippen LogP contribution in [0.15, 0.2) is 35.9 Å². The molecule has 0 radical (unpaired) electrons. The van der Waals surface area contributed by atoms with Gasteiger partial charge in [0.25, 0.3) is 5.91 Å². The van der Waals surface area contributed by atoms with Crippen LogP contribution in [0.1, 0.15) is 42.5 Å². The number of carbonyl (C=O) groups excluding carboxylic acids is 2. The van der Waals surface area contributed by atoms with Crippen LogP contribution in [0.2, 0.25) is 5.02 Å². The second-order valence-electron chi connectivity index (χ2n) is 6.57. The Morgan fingerprint density at radius 1 is 1.25 bits per heavy atom. The molecule has 1 heterocycles. The van der Waals surface area contributed by atoms with Gasteiger partial charge in [-0.15, -0.1) is 0 Å². The van der Waals surface area contributed by atoms with Gasteiger partial charge in [0.15, 0.2) is 0 Å². The Kier molecular flexibility index (Phi) is 5.56. The van der Waals surface area contributed by atoms with Gasteiger partial charge in [0.1, 0.15) is 0 Å². The van der Waals surface area contributed by atoms with Crippen molar-refractivity contribution in [2.24, 2.45) is 5.92 Å². The van der Waals surface area contributed by atoms with Crippen molar-refractivity contribution in [1.29, 1.82) is 0 Å². The van der Waals surface area contributed by atoms with E-state index in [9.17, 15) is 9.59 Å². The van der Waals surface area contributed by atoms with E-state index in [0.717, 1.165) is 50.8 Å². The van der Waals surface area contributed by atoms with E-state index in [2.05, 4.69) is 11.4 Å². The number of hydrogen-bond acceptors (Lipinski definition) is 2. The van der Waals surface area contributed by atoms with E-state index in [1.54, 1.807) is 24.3 Å². The number of halogens is 1. The minimum absolute atomic E-state index is 0.150. The fourth-order valence-electron chi connectivity index (χ4n) is 3.46. The van der Waals surface area contributed by atoms with E-state index in [1.165, 1.54) is 0 Å². The van der Waals surface area contributed by atoms with Gasteiger partial charge in [-0.2, -0.15) is 0 Å². The van der Waals surface area contributed by atoms with Crippen molar-refractivity contribution in [1.82, 2.24) is 10.2 Å². The van der Waals surface area contributed by atoms with E-state index in [1.807, 2.05) is 4.90 Å². The molecule has 1 aliphatic heterocycles. The summed E-state index contributed by atoms with van der Waals surface area (Å²) in [5, 5.41) is 3.42. The number of nitrogens with zero attached hydrogens (tertiary/aromatic N) is 1. The van der Waals surface area contributed by atoms with Crippen molar-refractivity contribution in [2.75, 3.05) is 19.6 Å². The minimum atomic E-state index is -0.150. The van der Waals surface area contributed by atoms with E-state index in [4.69, 9.17) is 11.6 Å². The molecule has 2 aliphatic rings. The number of likely N-dealkylation sites (tertiary alicyclic amines) is 1. The highest BCUT2D eigenvalue weighted by Gasteiger charge is 2.26. The lowest BCUT2D eigenvalue weighted by molar-refractivity contribution is -0.128. The van der Waals surface area contributed by atoms with Gasteiger partial charge in [-0.05, 0) is 50.2 Å². The first kappa shape index (κ1) is 17.0. The molecule has 1 aromatic carbocycles. The molecule has 0 saturated carbocycles. The van der Waals surface area contributed by atoms with Crippen LogP contribution >= 0.6 is 11.6 Å². The summed E-state index contributed by atoms with van der Waals surface area (Å²) in [6, 6.07) is 7.05. The maximum Gasteiger partial charge on any atom is 0.252 e. The highest BCUT2D eigenvalue weighted by Crippen LogP contribution is 2.23. The number of amides is 2. The molecule has 1 aromatic rings. The second-order valence-corrected chi connectivity index (χ2v) is 6.98. The van der Waals surface area contributed by atoms with Crippen LogP contribution < -0.4 is 5.32 Å². The van der Waals surface area contributed by atoms with Crippen LogP contribution in [-0.4, -0.2) is 36.3 Å². The van der Waals surface area contributed by atoms with Crippen LogP contribution in [-0.2, 0) is 4.79 Å². The third-order valence-corrected chi connectivity index (χ3v) is 5.12. The van der Waals surface area contributed by atoms with Crippen molar-refractivity contribution in [3.8, 4) is 0 Å². The molecule has 1 fully saturated rings. The maximum absolute atomic E-state index is 12.5. The zero-order chi connectivity index (χ0) is 16.9. The molecule has 128 valence electrons. The topological polar surface area (TPSA) is 49.4 Å². The summed E-state index contributed by atoms with van der Waals surface area (Å²) < 4.78 is 0. The molecular formula is C19H23ClN2O2. The van der Waals surface area contributed by atoms with Crippen LogP contribution in [0.4, 0.5) is 0 Å². The van der Waals surface area contributed by atoms with Crippen molar-refractivity contribution < 1.29 is 9.59 Å². The Morgan fingerprint density at radius 3 is 2.83 bits per heavy atom. The summed E-state index contributed by atoms with van der Waals surface area (Å²) in [6.45, 7) is 2.12. The smallest absolute Gasteiger partial charge is 0.252 e. The molecule has 1 aliphatic carbocycles. The van der Waals surface area contributed by atoms with Crippen molar-refractivity contribution in [3.63, 3.8) is 0 Å². The van der Waals surface area contributed by atoms with Crippen molar-refractivity contribution in [3.05, 3.63) is 46.5 Å². The third-order valence-electron chi connectivity index (χ3n) is 4.79. The summed E-state index contributed by atoms with van der Waals surface area (Å²) in [5.74, 6) is 0.341. The summed E-state index contributed by atoms with van der Waals surface area (Å²) in [7, 11) is 0. The molecule has 1 saturated heterocycles. The fourth-order valence-corrected chi connectivity index (χ4v) is 3.68. The van der Waals surface area contributed by atoms with Crippen LogP contribution in [0.3, 0.4) is 0 Å². The molecule has 5 heteroatoms. The normalized spacial score (nSPS) is 20.6. The van der Waals surface area contributed by atoms with Gasteiger partial charge in [0, 0.05) is 25.2 Å². The maximum atomic E-state index is 12.5. The summed E-state index contributed by atoms with van der Waals surface area (Å²) in [6.07, 6.45) is 7.12. The summed E-state index contributed by atoms with van der Waals surface area (Å²) in [4.78, 5) is 26.7. The molecule has 0 unspecified atom stereocenters. The highest BCUT2D eigenvalue weighted by atomic mass is 35.5. The number of carbonyl (C=O) groups is 2. The largest absolute Gasteiger partial charge is 0.352 e. The van der Waals surface area contributed by atoms with Crippen molar-refractivity contribution in [2.45, 2.75) is 32.1 Å². The van der Waals surface area contributed by atoms with Gasteiger partial charge in [-0.3, -0.25) is 9.59 Å². The highest BCUT2D eigenvalue weighted by molar-refractivity contribution is 6.33. The van der Waals surface area contributed by atoms with Gasteiger partial charge in [-0.1, -0.05) is 29.8 Å². The molecule has 4 nitrogen and oxygen atoms in total. The number of hydrogen-bond donors (Lipinski definition) is 1. The Balaban J connectivity index is 1.53. The van der Waals surface area contributed by atoms with Gasteiger partial charge in [-0.25, -0.2) is 0 Å². The van der Waals surface area contributed by atoms with E-state index < -0.39 is 0 Å². The zero-order valence-corrected chi connectivity index (χ0v) is 14.5. The van der Waals surface area contributed by atoms with Gasteiger partial charge >= 0.3 is 0 Å². The monoisotopic (exact) mass is 346 g/mol. The average molecular weight is 347 g/mol. The van der Waals surface area contributed by atoms with Crippen LogP contribution in [0, 0.1) is 5.92 Å². The SMILES string of the molecule is O=C(NC[C@H]1CCCN(C(=O)C2=CCCC2)C1)c1ccccc1Cl. The lowest BCUT2D eigenvalue weighted by Gasteiger charge is -2.33. The molecule has 0 spiro atoms. The Hall–Kier alpha value is -1.81. The first-order valence-electron chi connectivity index (χ1n) is 8.66. The van der Waals surface area contributed by atoms with Gasteiger partial charge < -0.3 is 10.2 Å².